The van der Waals surface area contributed by atoms with Crippen molar-refractivity contribution >= 4 is 40.7 Å². The lowest BCUT2D eigenvalue weighted by Gasteiger charge is -2.30. The molecule has 1 unspecified atom stereocenters. The molecule has 0 bridgehead atoms. The van der Waals surface area contributed by atoms with Gasteiger partial charge in [0.05, 0.1) is 28.8 Å². The van der Waals surface area contributed by atoms with Crippen molar-refractivity contribution in [2.24, 2.45) is 5.16 Å². The molecule has 15 heteroatoms. The number of amides is 2. The lowest BCUT2D eigenvalue weighted by atomic mass is 9.85. The Hall–Kier alpha value is -3.06. The normalized spacial score (nSPS) is 17.7. The van der Waals surface area contributed by atoms with Gasteiger partial charge >= 0.3 is 12.4 Å². The SMILES string of the molecule is Cc1cc(C2=NOC(c3cc(Cl)c(F)c(C(F)(F)F)c3)(C(F)(F)F)C2)ccc1C(=O)NCC(=O)NCCl. The zero-order chi connectivity index (χ0) is 27.8. The highest BCUT2D eigenvalue weighted by molar-refractivity contribution is 6.30. The molecule has 3 rings (SSSR count). The van der Waals surface area contributed by atoms with Crippen LogP contribution in [-0.2, 0) is 21.4 Å². The largest absolute Gasteiger partial charge is 0.435 e. The van der Waals surface area contributed by atoms with Crippen molar-refractivity contribution in [2.45, 2.75) is 31.3 Å². The Balaban J connectivity index is 1.92. The minimum absolute atomic E-state index is 0.00771. The fraction of sp³-hybridized carbons (Fsp3) is 0.318. The molecule has 1 aliphatic rings. The molecule has 0 saturated carbocycles. The first-order valence-corrected chi connectivity index (χ1v) is 11.1. The summed E-state index contributed by atoms with van der Waals surface area (Å²) in [7, 11) is 0. The summed E-state index contributed by atoms with van der Waals surface area (Å²) in [4.78, 5) is 28.5. The molecule has 0 radical (unpaired) electrons. The fourth-order valence-corrected chi connectivity index (χ4v) is 3.95. The monoisotopic (exact) mass is 573 g/mol. The van der Waals surface area contributed by atoms with Crippen molar-refractivity contribution in [2.75, 3.05) is 12.5 Å². The van der Waals surface area contributed by atoms with Crippen LogP contribution in [0.25, 0.3) is 0 Å². The highest BCUT2D eigenvalue weighted by Crippen LogP contribution is 2.50. The summed E-state index contributed by atoms with van der Waals surface area (Å²) in [5.74, 6) is -3.11. The average molecular weight is 574 g/mol. The second kappa shape index (κ2) is 10.4. The highest BCUT2D eigenvalue weighted by Gasteiger charge is 2.63. The molecule has 200 valence electrons. The summed E-state index contributed by atoms with van der Waals surface area (Å²) in [6.07, 6.45) is -11.7. The lowest BCUT2D eigenvalue weighted by molar-refractivity contribution is -0.276. The van der Waals surface area contributed by atoms with Gasteiger partial charge in [-0.3, -0.25) is 9.59 Å². The molecule has 0 spiro atoms. The molecule has 0 saturated heterocycles. The zero-order valence-electron chi connectivity index (χ0n) is 18.6. The number of hydrogen-bond donors (Lipinski definition) is 2. The third kappa shape index (κ3) is 5.77. The van der Waals surface area contributed by atoms with E-state index in [0.29, 0.717) is 11.6 Å². The molecule has 6 nitrogen and oxygen atoms in total. The average Bonchev–Trinajstić information content (AvgIpc) is 3.25. The molecule has 0 aromatic heterocycles. The van der Waals surface area contributed by atoms with E-state index in [-0.39, 0.29) is 35.5 Å². The van der Waals surface area contributed by atoms with Crippen molar-refractivity contribution in [3.63, 3.8) is 0 Å². The lowest BCUT2D eigenvalue weighted by Crippen LogP contribution is -2.43. The minimum atomic E-state index is -5.32. The van der Waals surface area contributed by atoms with Crippen molar-refractivity contribution in [3.8, 4) is 0 Å². The van der Waals surface area contributed by atoms with Crippen molar-refractivity contribution in [1.29, 1.82) is 0 Å². The molecular formula is C22H16Cl2F7N3O3. The summed E-state index contributed by atoms with van der Waals surface area (Å²) in [5, 5.41) is 6.89. The molecule has 1 aliphatic heterocycles. The maximum absolute atomic E-state index is 14.2. The summed E-state index contributed by atoms with van der Waals surface area (Å²) in [6.45, 7) is 1.10. The first kappa shape index (κ1) is 28.5. The number of alkyl halides is 7. The zero-order valence-corrected chi connectivity index (χ0v) is 20.1. The highest BCUT2D eigenvalue weighted by atomic mass is 35.5. The molecule has 0 fully saturated rings. The van der Waals surface area contributed by atoms with Crippen LogP contribution in [0.15, 0.2) is 35.5 Å². The van der Waals surface area contributed by atoms with Crippen LogP contribution in [-0.4, -0.2) is 36.3 Å². The number of benzene rings is 2. The van der Waals surface area contributed by atoms with E-state index >= 15 is 0 Å². The van der Waals surface area contributed by atoms with E-state index in [4.69, 9.17) is 28.0 Å². The Bertz CT molecular complexity index is 1270. The molecule has 2 amide bonds. The number of carbonyl (C=O) groups excluding carboxylic acids is 2. The number of carbonyl (C=O) groups is 2. The van der Waals surface area contributed by atoms with E-state index in [1.54, 1.807) is 0 Å². The Morgan fingerprint density at radius 1 is 1.11 bits per heavy atom. The third-order valence-electron chi connectivity index (χ3n) is 5.46. The van der Waals surface area contributed by atoms with Gasteiger partial charge in [0.25, 0.3) is 11.5 Å². The Labute approximate surface area is 214 Å². The van der Waals surface area contributed by atoms with Crippen LogP contribution in [0.1, 0.15) is 39.0 Å². The maximum atomic E-state index is 14.2. The number of halogens is 9. The first-order valence-electron chi connectivity index (χ1n) is 10.2. The summed E-state index contributed by atoms with van der Waals surface area (Å²) < 4.78 is 96.2. The number of aryl methyl sites for hydroxylation is 1. The molecule has 0 aliphatic carbocycles. The topological polar surface area (TPSA) is 79.8 Å². The van der Waals surface area contributed by atoms with E-state index < -0.39 is 58.2 Å². The molecule has 2 aromatic carbocycles. The second-order valence-corrected chi connectivity index (χ2v) is 8.57. The molecule has 1 heterocycles. The van der Waals surface area contributed by atoms with Gasteiger partial charge in [0.1, 0.15) is 0 Å². The van der Waals surface area contributed by atoms with Gasteiger partial charge in [0, 0.05) is 17.5 Å². The maximum Gasteiger partial charge on any atom is 0.435 e. The fourth-order valence-electron chi connectivity index (χ4n) is 3.58. The summed E-state index contributed by atoms with van der Waals surface area (Å²) in [6, 6.07) is 4.10. The molecule has 1 atom stereocenters. The van der Waals surface area contributed by atoms with Gasteiger partial charge in [-0.05, 0) is 42.3 Å². The minimum Gasteiger partial charge on any atom is -0.374 e. The molecule has 2 N–H and O–H groups in total. The number of nitrogens with one attached hydrogen (secondary N) is 2. The van der Waals surface area contributed by atoms with E-state index in [0.717, 1.165) is 0 Å². The number of oxime groups is 1. The van der Waals surface area contributed by atoms with Crippen molar-refractivity contribution in [1.82, 2.24) is 10.6 Å². The van der Waals surface area contributed by atoms with Crippen LogP contribution in [0.4, 0.5) is 30.7 Å². The van der Waals surface area contributed by atoms with E-state index in [1.165, 1.54) is 25.1 Å². The van der Waals surface area contributed by atoms with Gasteiger partial charge in [-0.2, -0.15) is 26.3 Å². The first-order chi connectivity index (χ1) is 17.1. The van der Waals surface area contributed by atoms with Crippen LogP contribution < -0.4 is 10.6 Å². The Morgan fingerprint density at radius 2 is 1.78 bits per heavy atom. The van der Waals surface area contributed by atoms with Crippen molar-refractivity contribution < 1.29 is 45.2 Å². The molecule has 37 heavy (non-hydrogen) atoms. The summed E-state index contributed by atoms with van der Waals surface area (Å²) >= 11 is 10.8. The second-order valence-electron chi connectivity index (χ2n) is 7.89. The van der Waals surface area contributed by atoms with Gasteiger partial charge in [0.15, 0.2) is 5.82 Å². The van der Waals surface area contributed by atoms with Gasteiger partial charge in [0.2, 0.25) is 5.91 Å². The number of rotatable bonds is 6. The van der Waals surface area contributed by atoms with E-state index in [9.17, 15) is 40.3 Å². The van der Waals surface area contributed by atoms with Gasteiger partial charge in [-0.25, -0.2) is 4.39 Å². The van der Waals surface area contributed by atoms with Crippen LogP contribution in [0.3, 0.4) is 0 Å². The number of nitrogens with zero attached hydrogens (tertiary/aromatic N) is 1. The van der Waals surface area contributed by atoms with Gasteiger partial charge < -0.3 is 15.5 Å². The predicted octanol–water partition coefficient (Wildman–Crippen LogP) is 5.43. The van der Waals surface area contributed by atoms with Gasteiger partial charge in [-0.1, -0.05) is 22.8 Å². The third-order valence-corrected chi connectivity index (χ3v) is 5.87. The van der Waals surface area contributed by atoms with E-state index in [2.05, 4.69) is 15.8 Å². The van der Waals surface area contributed by atoms with Crippen LogP contribution in [0.2, 0.25) is 5.02 Å². The Morgan fingerprint density at radius 3 is 2.35 bits per heavy atom. The Kier molecular flexibility index (Phi) is 7.99. The van der Waals surface area contributed by atoms with Crippen LogP contribution in [0, 0.1) is 12.7 Å². The van der Waals surface area contributed by atoms with Crippen LogP contribution >= 0.6 is 23.2 Å². The predicted molar refractivity (Wildman–Crippen MR) is 119 cm³/mol. The quantitative estimate of drug-likeness (QED) is 0.275. The van der Waals surface area contributed by atoms with Gasteiger partial charge in [-0.15, -0.1) is 11.6 Å². The number of hydrogen-bond acceptors (Lipinski definition) is 4. The molecule has 2 aromatic rings. The molecular weight excluding hydrogens is 558 g/mol. The smallest absolute Gasteiger partial charge is 0.374 e. The van der Waals surface area contributed by atoms with Crippen molar-refractivity contribution in [3.05, 3.63) is 69.0 Å². The van der Waals surface area contributed by atoms with Crippen LogP contribution in [0.5, 0.6) is 0 Å². The van der Waals surface area contributed by atoms with E-state index in [1.807, 2.05) is 0 Å². The summed E-state index contributed by atoms with van der Waals surface area (Å²) in [5.41, 5.74) is -6.25. The standard InChI is InChI=1S/C22H16Cl2F7N3O3/c1-10-4-11(2-3-13(10)19(36)32-8-17(35)33-9-23)16-7-20(37-34-16,22(29,30)31)12-5-14(21(26,27)28)18(25)15(24)6-12/h2-6H,7-9H2,1H3,(H,32,36)(H,33,35).